The van der Waals surface area contributed by atoms with Crippen LogP contribution in [-0.2, 0) is 13.9 Å². The lowest BCUT2D eigenvalue weighted by Crippen LogP contribution is -3.00. The Kier molecular flexibility index (Phi) is 11.3. The molecule has 0 spiro atoms. The van der Waals surface area contributed by atoms with Crippen LogP contribution in [0.4, 0.5) is 0 Å². The summed E-state index contributed by atoms with van der Waals surface area (Å²) in [4.78, 5) is 49.1. The van der Waals surface area contributed by atoms with E-state index in [1.165, 1.54) is 0 Å². The van der Waals surface area contributed by atoms with Gasteiger partial charge in [-0.15, -0.1) is 0 Å². The summed E-state index contributed by atoms with van der Waals surface area (Å²) in [6.07, 6.45) is 2.68. The van der Waals surface area contributed by atoms with Crippen molar-refractivity contribution in [2.45, 2.75) is 43.4 Å². The van der Waals surface area contributed by atoms with Gasteiger partial charge in [-0.2, -0.15) is 0 Å². The van der Waals surface area contributed by atoms with E-state index in [1.807, 2.05) is 6.92 Å². The van der Waals surface area contributed by atoms with E-state index in [0.717, 1.165) is 26.2 Å². The van der Waals surface area contributed by atoms with E-state index >= 15 is 0 Å². The maximum absolute atomic E-state index is 11.7. The molecule has 1 atom stereocenters. The Hall–Kier alpha value is 0.530. The molecule has 152 valence electrons. The zero-order valence-corrected chi connectivity index (χ0v) is 18.1. The number of aliphatic hydroxyl groups is 1. The van der Waals surface area contributed by atoms with Crippen LogP contribution in [0.25, 0.3) is 0 Å². The first kappa shape index (κ1) is 27.7. The van der Waals surface area contributed by atoms with Crippen LogP contribution >= 0.6 is 27.0 Å². The molecule has 0 aromatic heterocycles. The quantitative estimate of drug-likeness (QED) is 0.145. The van der Waals surface area contributed by atoms with Gasteiger partial charge in [-0.25, -0.2) is 0 Å². The van der Waals surface area contributed by atoms with Crippen molar-refractivity contribution in [2.75, 3.05) is 27.2 Å². The highest BCUT2D eigenvalue weighted by molar-refractivity contribution is 8.14. The highest BCUT2D eigenvalue weighted by atomic mass is 35.5. The SMILES string of the molecule is CCCCC[N+](C)(C)CC(SC(C)=O)C(O)(P(=O)(O)O)P(=O)(O)O.[Cl-]. The zero-order chi connectivity index (χ0) is 19.4. The van der Waals surface area contributed by atoms with Crippen LogP contribution in [-0.4, -0.2) is 71.8 Å². The fourth-order valence-corrected chi connectivity index (χ4v) is 6.76. The second-order valence-corrected chi connectivity index (χ2v) is 11.7. The van der Waals surface area contributed by atoms with Gasteiger partial charge in [-0.1, -0.05) is 25.1 Å². The molecule has 0 aromatic rings. The Balaban J connectivity index is 0. The standard InChI is InChI=1S/C12H27NO8P2S.ClH/c1-5-6-7-8-13(3,4)9-11(24-10(2)14)12(15,22(16,17)18)23(19,20)21;/h11,15H,5-9H2,1-4H3,(H3-,16,17,18,19,20,21);1H. The van der Waals surface area contributed by atoms with Crippen LogP contribution in [0.5, 0.6) is 0 Å². The van der Waals surface area contributed by atoms with E-state index < -0.39 is 30.6 Å². The number of carbonyl (C=O) groups is 1. The zero-order valence-electron chi connectivity index (χ0n) is 14.7. The van der Waals surface area contributed by atoms with E-state index in [2.05, 4.69) is 0 Å². The molecule has 5 N–H and O–H groups in total. The van der Waals surface area contributed by atoms with Crippen LogP contribution in [0, 0.1) is 0 Å². The molecule has 1 unspecified atom stereocenters. The largest absolute Gasteiger partial charge is 1.00 e. The molecule has 0 saturated carbocycles. The predicted molar refractivity (Wildman–Crippen MR) is 92.5 cm³/mol. The number of rotatable bonds is 10. The summed E-state index contributed by atoms with van der Waals surface area (Å²) in [6, 6.07) is 0. The van der Waals surface area contributed by atoms with Crippen LogP contribution in [0.3, 0.4) is 0 Å². The van der Waals surface area contributed by atoms with Gasteiger partial charge in [0, 0.05) is 6.92 Å². The maximum Gasteiger partial charge on any atom is 0.370 e. The minimum absolute atomic E-state index is 0. The molecule has 0 bridgehead atoms. The van der Waals surface area contributed by atoms with Crippen molar-refractivity contribution in [1.82, 2.24) is 0 Å². The van der Waals surface area contributed by atoms with Gasteiger partial charge in [0.15, 0.2) is 5.12 Å². The number of halogens is 1. The topological polar surface area (TPSA) is 152 Å². The Bertz CT molecular complexity index is 513. The smallest absolute Gasteiger partial charge is 0.370 e. The number of unbranched alkanes of at least 4 members (excludes halogenated alkanes) is 2. The molecule has 9 nitrogen and oxygen atoms in total. The number of thioether (sulfide) groups is 1. The fraction of sp³-hybridized carbons (Fsp3) is 0.917. The van der Waals surface area contributed by atoms with Gasteiger partial charge in [-0.05, 0) is 12.8 Å². The molecule has 0 aromatic carbocycles. The van der Waals surface area contributed by atoms with Gasteiger partial charge in [0.2, 0.25) is 0 Å². The van der Waals surface area contributed by atoms with Gasteiger partial charge in [0.25, 0.3) is 5.08 Å². The summed E-state index contributed by atoms with van der Waals surface area (Å²) in [7, 11) is -7.84. The first-order valence-electron chi connectivity index (χ1n) is 7.41. The third-order valence-electron chi connectivity index (χ3n) is 3.62. The number of quaternary nitrogens is 1. The van der Waals surface area contributed by atoms with Crippen molar-refractivity contribution in [3.05, 3.63) is 0 Å². The van der Waals surface area contributed by atoms with Gasteiger partial charge < -0.3 is 41.6 Å². The maximum atomic E-state index is 11.7. The highest BCUT2D eigenvalue weighted by Crippen LogP contribution is 2.70. The normalized spacial score (nSPS) is 14.8. The summed E-state index contributed by atoms with van der Waals surface area (Å²) in [5.41, 5.74) is 0. The van der Waals surface area contributed by atoms with Crippen LogP contribution < -0.4 is 12.4 Å². The third kappa shape index (κ3) is 7.97. The number of hydrogen-bond acceptors (Lipinski definition) is 5. The molecule has 0 fully saturated rings. The van der Waals surface area contributed by atoms with Crippen molar-refractivity contribution < 1.29 is 55.5 Å². The molecule has 13 heteroatoms. The van der Waals surface area contributed by atoms with Crippen LogP contribution in [0.2, 0.25) is 0 Å². The third-order valence-corrected chi connectivity index (χ3v) is 8.98. The molecule has 0 saturated heterocycles. The Morgan fingerprint density at radius 1 is 1.12 bits per heavy atom. The molecular weight excluding hydrogens is 416 g/mol. The molecule has 0 radical (unpaired) electrons. The molecule has 25 heavy (non-hydrogen) atoms. The molecular formula is C12H28ClNO8P2S. The molecule has 0 amide bonds. The molecule has 0 aliphatic carbocycles. The molecule has 0 aliphatic heterocycles. The van der Waals surface area contributed by atoms with E-state index in [0.29, 0.717) is 18.3 Å². The number of nitrogens with zero attached hydrogens (tertiary/aromatic N) is 1. The van der Waals surface area contributed by atoms with Crippen molar-refractivity contribution in [1.29, 1.82) is 0 Å². The van der Waals surface area contributed by atoms with Gasteiger partial charge in [0.1, 0.15) is 5.25 Å². The van der Waals surface area contributed by atoms with E-state index in [9.17, 15) is 38.6 Å². The van der Waals surface area contributed by atoms with Crippen molar-refractivity contribution in [2.24, 2.45) is 0 Å². The average Bonchev–Trinajstić information content (AvgIpc) is 2.33. The van der Waals surface area contributed by atoms with Crippen molar-refractivity contribution in [3.8, 4) is 0 Å². The summed E-state index contributed by atoms with van der Waals surface area (Å²) in [5.74, 6) is 0. The lowest BCUT2D eigenvalue weighted by atomic mass is 10.2. The molecule has 0 heterocycles. The molecule has 0 rings (SSSR count). The van der Waals surface area contributed by atoms with E-state index in [1.54, 1.807) is 14.1 Å². The van der Waals surface area contributed by atoms with Crippen LogP contribution in [0.1, 0.15) is 33.1 Å². The average molecular weight is 444 g/mol. The Morgan fingerprint density at radius 2 is 1.56 bits per heavy atom. The first-order valence-corrected chi connectivity index (χ1v) is 11.5. The van der Waals surface area contributed by atoms with Crippen molar-refractivity contribution in [3.63, 3.8) is 0 Å². The van der Waals surface area contributed by atoms with Gasteiger partial charge in [0.05, 0.1) is 27.2 Å². The summed E-state index contributed by atoms with van der Waals surface area (Å²) < 4.78 is 23.5. The second-order valence-electron chi connectivity index (χ2n) is 6.42. The van der Waals surface area contributed by atoms with Gasteiger partial charge >= 0.3 is 15.2 Å². The summed E-state index contributed by atoms with van der Waals surface area (Å²) in [6.45, 7) is 3.49. The van der Waals surface area contributed by atoms with Crippen LogP contribution in [0.15, 0.2) is 0 Å². The minimum Gasteiger partial charge on any atom is -1.00 e. The van der Waals surface area contributed by atoms with Gasteiger partial charge in [-0.3, -0.25) is 13.9 Å². The second kappa shape index (κ2) is 10.2. The predicted octanol–water partition coefficient (Wildman–Crippen LogP) is -2.09. The first-order chi connectivity index (χ1) is 10.6. The lowest BCUT2D eigenvalue weighted by Gasteiger charge is -2.40. The van der Waals surface area contributed by atoms with E-state index in [-0.39, 0.29) is 23.4 Å². The van der Waals surface area contributed by atoms with E-state index in [4.69, 9.17) is 0 Å². The Labute approximate surface area is 158 Å². The number of hydrogen-bond donors (Lipinski definition) is 5. The monoisotopic (exact) mass is 443 g/mol. The fourth-order valence-electron chi connectivity index (χ4n) is 2.31. The van der Waals surface area contributed by atoms with Crippen molar-refractivity contribution >= 4 is 32.1 Å². The summed E-state index contributed by atoms with van der Waals surface area (Å²) >= 11 is 0.337. The molecule has 0 aliphatic rings. The highest BCUT2D eigenvalue weighted by Gasteiger charge is 2.66. The minimum atomic E-state index is -5.63. The lowest BCUT2D eigenvalue weighted by molar-refractivity contribution is -0.890. The number of carbonyl (C=O) groups excluding carboxylic acids is 1. The Morgan fingerprint density at radius 3 is 1.88 bits per heavy atom. The summed E-state index contributed by atoms with van der Waals surface area (Å²) in [5, 5.41) is 4.44.